The summed E-state index contributed by atoms with van der Waals surface area (Å²) in [5.74, 6) is 1.84. The molecule has 212 valence electrons. The lowest BCUT2D eigenvalue weighted by Gasteiger charge is -2.62. The highest BCUT2D eigenvalue weighted by Gasteiger charge is 2.66. The summed E-state index contributed by atoms with van der Waals surface area (Å²) in [6.07, 6.45) is 10.6. The zero-order valence-electron chi connectivity index (χ0n) is 24.9. The van der Waals surface area contributed by atoms with E-state index in [9.17, 15) is 19.1 Å². The van der Waals surface area contributed by atoms with Crippen LogP contribution in [0.3, 0.4) is 0 Å². The fourth-order valence-electron chi connectivity index (χ4n) is 9.62. The first-order valence-electron chi connectivity index (χ1n) is 14.7. The molecule has 6 heteroatoms. The van der Waals surface area contributed by atoms with Crippen LogP contribution in [-0.2, 0) is 13.9 Å². The first-order valence-corrected chi connectivity index (χ1v) is 16.3. The van der Waals surface area contributed by atoms with E-state index in [2.05, 4.69) is 68.4 Å². The molecule has 4 rings (SSSR count). The van der Waals surface area contributed by atoms with Crippen LogP contribution in [0.1, 0.15) is 120 Å². The van der Waals surface area contributed by atoms with Gasteiger partial charge in [-0.15, -0.1) is 0 Å². The fraction of sp³-hybridized carbons (Fsp3) is 0.903. The van der Waals surface area contributed by atoms with Crippen LogP contribution in [0, 0.1) is 50.7 Å². The van der Waals surface area contributed by atoms with Gasteiger partial charge < -0.3 is 9.79 Å². The molecule has 8 atom stereocenters. The molecule has 2 N–H and O–H groups in total. The molecule has 4 aliphatic carbocycles. The van der Waals surface area contributed by atoms with E-state index < -0.39 is 19.3 Å². The second-order valence-electron chi connectivity index (χ2n) is 15.9. The van der Waals surface area contributed by atoms with Crippen molar-refractivity contribution in [2.24, 2.45) is 50.7 Å². The van der Waals surface area contributed by atoms with Gasteiger partial charge in [0.15, 0.2) is 5.78 Å². The topological polar surface area (TPSA) is 83.8 Å². The number of rotatable bonds is 6. The Morgan fingerprint density at radius 3 is 2.27 bits per heavy atom. The van der Waals surface area contributed by atoms with Gasteiger partial charge in [0.1, 0.15) is 0 Å². The molecule has 3 saturated carbocycles. The van der Waals surface area contributed by atoms with Crippen molar-refractivity contribution in [3.8, 4) is 0 Å². The number of fused-ring (bicyclic) bond motifs is 5. The summed E-state index contributed by atoms with van der Waals surface area (Å²) in [6, 6.07) is 0. The molecule has 0 aromatic carbocycles. The van der Waals surface area contributed by atoms with E-state index in [-0.39, 0.29) is 33.5 Å². The first kappa shape index (κ1) is 29.5. The monoisotopic (exact) mass is 536 g/mol. The summed E-state index contributed by atoms with van der Waals surface area (Å²) in [6.45, 7) is 20.3. The SMILES string of the molecule is C[C@H]1CC[C@]2(C)C3CC[C@]4(C)[C@@H](C(C)(C)[C@@H](CCC(C)(C)C)OP(=O)(O)O)CC[C@@]4(C)C3=CC(=O)[C@@H]2C1. The highest BCUT2D eigenvalue weighted by atomic mass is 31.2. The van der Waals surface area contributed by atoms with Crippen LogP contribution in [0.25, 0.3) is 0 Å². The molecule has 1 unspecified atom stereocenters. The van der Waals surface area contributed by atoms with Gasteiger partial charge in [-0.2, -0.15) is 0 Å². The summed E-state index contributed by atoms with van der Waals surface area (Å²) < 4.78 is 17.7. The van der Waals surface area contributed by atoms with Gasteiger partial charge in [-0.25, -0.2) is 4.57 Å². The van der Waals surface area contributed by atoms with Gasteiger partial charge in [0.25, 0.3) is 0 Å². The molecule has 5 nitrogen and oxygen atoms in total. The third kappa shape index (κ3) is 4.98. The third-order valence-corrected chi connectivity index (χ3v) is 12.7. The Kier molecular flexibility index (Phi) is 7.40. The van der Waals surface area contributed by atoms with Crippen LogP contribution in [0.15, 0.2) is 11.6 Å². The summed E-state index contributed by atoms with van der Waals surface area (Å²) in [4.78, 5) is 33.3. The molecule has 0 aromatic heterocycles. The van der Waals surface area contributed by atoms with Crippen LogP contribution in [0.4, 0.5) is 0 Å². The number of phosphoric acid groups is 1. The van der Waals surface area contributed by atoms with E-state index in [1.807, 2.05) is 0 Å². The van der Waals surface area contributed by atoms with Gasteiger partial charge in [-0.1, -0.05) is 74.3 Å². The summed E-state index contributed by atoms with van der Waals surface area (Å²) in [7, 11) is -4.63. The van der Waals surface area contributed by atoms with E-state index in [1.165, 1.54) is 12.0 Å². The van der Waals surface area contributed by atoms with E-state index >= 15 is 0 Å². The second-order valence-corrected chi connectivity index (χ2v) is 17.1. The second kappa shape index (κ2) is 9.28. The highest BCUT2D eigenvalue weighted by Crippen LogP contribution is 2.73. The Morgan fingerprint density at radius 1 is 1.03 bits per heavy atom. The molecule has 0 aliphatic heterocycles. The van der Waals surface area contributed by atoms with Crippen molar-refractivity contribution in [1.29, 1.82) is 0 Å². The lowest BCUT2D eigenvalue weighted by molar-refractivity contribution is -0.133. The number of carbonyl (C=O) groups excluding carboxylic acids is 1. The zero-order valence-corrected chi connectivity index (χ0v) is 25.8. The average Bonchev–Trinajstić information content (AvgIpc) is 3.03. The molecule has 3 fully saturated rings. The first-order chi connectivity index (χ1) is 16.7. The zero-order chi connectivity index (χ0) is 27.8. The lowest BCUT2D eigenvalue weighted by Crippen LogP contribution is -2.56. The van der Waals surface area contributed by atoms with E-state index in [0.717, 1.165) is 44.9 Å². The largest absolute Gasteiger partial charge is 0.469 e. The number of phosphoric ester groups is 1. The molecular formula is C31H53O5P. The number of hydrogen-bond acceptors (Lipinski definition) is 3. The van der Waals surface area contributed by atoms with Crippen LogP contribution >= 0.6 is 7.82 Å². The molecule has 0 bridgehead atoms. The Balaban J connectivity index is 1.70. The number of ketones is 1. The standard InChI is InChI=1S/C31H53O5P/c1-20-10-15-29(7)21-11-16-31(9)25(12-17-30(31,8)22(21)19-24(32)23(29)18-20)28(5,6)26(36-37(33,34)35)13-14-27(2,3)4/h19-21,23,25-26H,10-18H2,1-9H3,(H2,33,34,35)/t20-,21?,23-,25+,26+,29+,30-,31+/m0/s1. The van der Waals surface area contributed by atoms with Crippen LogP contribution in [0.5, 0.6) is 0 Å². The normalized spacial score (nSPS) is 41.5. The van der Waals surface area contributed by atoms with Crippen molar-refractivity contribution in [3.63, 3.8) is 0 Å². The highest BCUT2D eigenvalue weighted by molar-refractivity contribution is 7.46. The lowest BCUT2D eigenvalue weighted by atomic mass is 9.42. The molecular weight excluding hydrogens is 483 g/mol. The Morgan fingerprint density at radius 2 is 1.68 bits per heavy atom. The van der Waals surface area contributed by atoms with Gasteiger partial charge in [-0.3, -0.25) is 9.32 Å². The van der Waals surface area contributed by atoms with E-state index in [1.54, 1.807) is 0 Å². The molecule has 37 heavy (non-hydrogen) atoms. The molecule has 0 spiro atoms. The molecule has 0 radical (unpaired) electrons. The van der Waals surface area contributed by atoms with E-state index in [4.69, 9.17) is 4.52 Å². The molecule has 0 heterocycles. The predicted molar refractivity (Wildman–Crippen MR) is 149 cm³/mol. The molecule has 0 amide bonds. The smallest absolute Gasteiger partial charge is 0.303 e. The van der Waals surface area contributed by atoms with Crippen molar-refractivity contribution in [3.05, 3.63) is 11.6 Å². The van der Waals surface area contributed by atoms with Crippen LogP contribution in [-0.4, -0.2) is 21.7 Å². The quantitative estimate of drug-likeness (QED) is 0.335. The summed E-state index contributed by atoms with van der Waals surface area (Å²) in [5, 5.41) is 0. The van der Waals surface area contributed by atoms with Gasteiger partial charge in [0.2, 0.25) is 0 Å². The van der Waals surface area contributed by atoms with Crippen molar-refractivity contribution in [2.45, 2.75) is 126 Å². The summed E-state index contributed by atoms with van der Waals surface area (Å²) >= 11 is 0. The van der Waals surface area contributed by atoms with Gasteiger partial charge in [0.05, 0.1) is 6.10 Å². The maximum Gasteiger partial charge on any atom is 0.469 e. The van der Waals surface area contributed by atoms with E-state index in [0.29, 0.717) is 24.0 Å². The molecule has 0 aromatic rings. The minimum Gasteiger partial charge on any atom is -0.303 e. The summed E-state index contributed by atoms with van der Waals surface area (Å²) in [5.41, 5.74) is 0.946. The average molecular weight is 537 g/mol. The Hall–Kier alpha value is -0.480. The van der Waals surface area contributed by atoms with Crippen LogP contribution < -0.4 is 0 Å². The Bertz CT molecular complexity index is 988. The van der Waals surface area contributed by atoms with Crippen molar-refractivity contribution in [2.75, 3.05) is 0 Å². The Labute approximate surface area is 225 Å². The van der Waals surface area contributed by atoms with Gasteiger partial charge in [0, 0.05) is 5.92 Å². The van der Waals surface area contributed by atoms with Crippen LogP contribution in [0.2, 0.25) is 0 Å². The number of hydrogen-bond donors (Lipinski definition) is 2. The van der Waals surface area contributed by atoms with Gasteiger partial charge in [-0.05, 0) is 102 Å². The minimum absolute atomic E-state index is 0.0511. The molecule has 4 aliphatic rings. The predicted octanol–water partition coefficient (Wildman–Crippen LogP) is 8.10. The number of allylic oxidation sites excluding steroid dienone is 2. The number of carbonyl (C=O) groups is 1. The van der Waals surface area contributed by atoms with Crippen molar-refractivity contribution in [1.82, 2.24) is 0 Å². The minimum atomic E-state index is -4.63. The van der Waals surface area contributed by atoms with Crippen molar-refractivity contribution < 1.29 is 23.7 Å². The maximum absolute atomic E-state index is 13.6. The third-order valence-electron chi connectivity index (χ3n) is 12.1. The fourth-order valence-corrected chi connectivity index (χ4v) is 10.3. The van der Waals surface area contributed by atoms with Gasteiger partial charge >= 0.3 is 7.82 Å². The van der Waals surface area contributed by atoms with Crippen molar-refractivity contribution >= 4 is 13.6 Å². The maximum atomic E-state index is 13.6. The molecule has 0 saturated heterocycles.